The number of esters is 1. The molecule has 0 aromatic carbocycles. The molecule has 0 unspecified atom stereocenters. The highest BCUT2D eigenvalue weighted by atomic mass is 16.6. The molecule has 3 nitrogen and oxygen atoms in total. The van der Waals surface area contributed by atoms with Gasteiger partial charge in [-0.2, -0.15) is 0 Å². The lowest BCUT2D eigenvalue weighted by atomic mass is 10.0. The van der Waals surface area contributed by atoms with Crippen LogP contribution in [0, 0.1) is 0 Å². The Balaban J connectivity index is 1.80. The van der Waals surface area contributed by atoms with Gasteiger partial charge in [-0.3, -0.25) is 4.79 Å². The molecular formula is C17H32O3. The monoisotopic (exact) mass is 284 g/mol. The van der Waals surface area contributed by atoms with Crippen molar-refractivity contribution in [3.8, 4) is 0 Å². The summed E-state index contributed by atoms with van der Waals surface area (Å²) in [6, 6.07) is 0. The maximum Gasteiger partial charge on any atom is 0.308 e. The first-order valence-electron chi connectivity index (χ1n) is 8.61. The summed E-state index contributed by atoms with van der Waals surface area (Å²) < 4.78 is 5.08. The average Bonchev–Trinajstić information content (AvgIpc) is 2.74. The maximum atomic E-state index is 11.0. The van der Waals surface area contributed by atoms with Gasteiger partial charge in [-0.05, 0) is 12.8 Å². The Hall–Kier alpha value is -0.570. The van der Waals surface area contributed by atoms with Crippen molar-refractivity contribution in [3.63, 3.8) is 0 Å². The number of carbonyl (C=O) groups is 1. The zero-order chi connectivity index (χ0) is 14.6. The van der Waals surface area contributed by atoms with Gasteiger partial charge in [-0.15, -0.1) is 0 Å². The Morgan fingerprint density at radius 2 is 1.45 bits per heavy atom. The van der Waals surface area contributed by atoms with Gasteiger partial charge in [-0.1, -0.05) is 71.1 Å². The number of cyclic esters (lactones) is 1. The van der Waals surface area contributed by atoms with Crippen LogP contribution in [0.2, 0.25) is 0 Å². The second-order valence-electron chi connectivity index (χ2n) is 6.12. The van der Waals surface area contributed by atoms with Crippen LogP contribution < -0.4 is 0 Å². The highest BCUT2D eigenvalue weighted by molar-refractivity contribution is 5.72. The molecule has 1 aliphatic heterocycles. The first kappa shape index (κ1) is 17.5. The van der Waals surface area contributed by atoms with Crippen molar-refractivity contribution in [1.29, 1.82) is 0 Å². The van der Waals surface area contributed by atoms with Gasteiger partial charge in [0.05, 0.1) is 6.42 Å². The summed E-state index contributed by atoms with van der Waals surface area (Å²) in [5, 5.41) is 9.57. The van der Waals surface area contributed by atoms with E-state index in [1.807, 2.05) is 0 Å². The van der Waals surface area contributed by atoms with Crippen LogP contribution in [0.4, 0.5) is 0 Å². The minimum atomic E-state index is -0.564. The average molecular weight is 284 g/mol. The van der Waals surface area contributed by atoms with Gasteiger partial charge in [-0.25, -0.2) is 0 Å². The van der Waals surface area contributed by atoms with Crippen molar-refractivity contribution in [3.05, 3.63) is 0 Å². The van der Waals surface area contributed by atoms with E-state index in [4.69, 9.17) is 4.74 Å². The van der Waals surface area contributed by atoms with E-state index in [0.717, 1.165) is 12.8 Å². The predicted octanol–water partition coefficient (Wildman–Crippen LogP) is 4.36. The van der Waals surface area contributed by atoms with Gasteiger partial charge >= 0.3 is 5.97 Å². The van der Waals surface area contributed by atoms with E-state index in [2.05, 4.69) is 6.92 Å². The summed E-state index contributed by atoms with van der Waals surface area (Å²) >= 11 is 0. The van der Waals surface area contributed by atoms with Gasteiger partial charge in [0.25, 0.3) is 0 Å². The van der Waals surface area contributed by atoms with Crippen molar-refractivity contribution in [2.75, 3.05) is 0 Å². The first-order chi connectivity index (χ1) is 9.74. The van der Waals surface area contributed by atoms with E-state index in [9.17, 15) is 9.90 Å². The Kier molecular flexibility index (Phi) is 9.73. The summed E-state index contributed by atoms with van der Waals surface area (Å²) in [4.78, 5) is 11.0. The van der Waals surface area contributed by atoms with Crippen LogP contribution in [0.3, 0.4) is 0 Å². The molecule has 0 bridgehead atoms. The maximum absolute atomic E-state index is 11.0. The van der Waals surface area contributed by atoms with Crippen LogP contribution in [0.5, 0.6) is 0 Å². The third-order valence-electron chi connectivity index (χ3n) is 4.18. The second kappa shape index (κ2) is 11.1. The lowest BCUT2D eigenvalue weighted by Crippen LogP contribution is -2.20. The minimum Gasteiger partial charge on any atom is -0.460 e. The smallest absolute Gasteiger partial charge is 0.308 e. The fourth-order valence-electron chi connectivity index (χ4n) is 2.86. The SMILES string of the molecule is CCCCCCCCCCCCC[C@H]1OC(=O)C[C@H]1O. The third-order valence-corrected chi connectivity index (χ3v) is 4.18. The quantitative estimate of drug-likeness (QED) is 0.428. The molecule has 0 spiro atoms. The number of hydrogen-bond acceptors (Lipinski definition) is 3. The highest BCUT2D eigenvalue weighted by Crippen LogP contribution is 2.21. The van der Waals surface area contributed by atoms with Gasteiger partial charge in [0, 0.05) is 0 Å². The lowest BCUT2D eigenvalue weighted by Gasteiger charge is -2.12. The molecule has 0 aliphatic carbocycles. The Morgan fingerprint density at radius 3 is 1.90 bits per heavy atom. The normalized spacial score (nSPS) is 22.2. The summed E-state index contributed by atoms with van der Waals surface area (Å²) in [5.41, 5.74) is 0. The third kappa shape index (κ3) is 7.88. The molecule has 1 saturated heterocycles. The van der Waals surface area contributed by atoms with Crippen molar-refractivity contribution in [1.82, 2.24) is 0 Å². The molecule has 0 radical (unpaired) electrons. The molecule has 2 atom stereocenters. The van der Waals surface area contributed by atoms with E-state index >= 15 is 0 Å². The van der Waals surface area contributed by atoms with Crippen LogP contribution >= 0.6 is 0 Å². The number of aliphatic hydroxyl groups is 1. The van der Waals surface area contributed by atoms with Gasteiger partial charge in [0.15, 0.2) is 0 Å². The second-order valence-corrected chi connectivity index (χ2v) is 6.12. The zero-order valence-electron chi connectivity index (χ0n) is 13.1. The molecule has 3 heteroatoms. The highest BCUT2D eigenvalue weighted by Gasteiger charge is 2.32. The van der Waals surface area contributed by atoms with Crippen LogP contribution in [0.25, 0.3) is 0 Å². The topological polar surface area (TPSA) is 46.5 Å². The predicted molar refractivity (Wildman–Crippen MR) is 81.6 cm³/mol. The van der Waals surface area contributed by atoms with Crippen molar-refractivity contribution < 1.29 is 14.6 Å². The van der Waals surface area contributed by atoms with E-state index in [0.29, 0.717) is 0 Å². The molecule has 1 aliphatic rings. The molecule has 0 aromatic heterocycles. The molecule has 0 amide bonds. The molecule has 118 valence electrons. The number of rotatable bonds is 12. The fraction of sp³-hybridized carbons (Fsp3) is 0.941. The summed E-state index contributed by atoms with van der Waals surface area (Å²) in [6.07, 6.45) is 14.7. The Labute approximate surface area is 124 Å². The van der Waals surface area contributed by atoms with Crippen LogP contribution in [0.15, 0.2) is 0 Å². The van der Waals surface area contributed by atoms with Gasteiger partial charge < -0.3 is 9.84 Å². The number of unbranched alkanes of at least 4 members (excludes halogenated alkanes) is 10. The summed E-state index contributed by atoms with van der Waals surface area (Å²) in [7, 11) is 0. The zero-order valence-corrected chi connectivity index (χ0v) is 13.1. The first-order valence-corrected chi connectivity index (χ1v) is 8.61. The van der Waals surface area contributed by atoms with Crippen LogP contribution in [-0.2, 0) is 9.53 Å². The number of aliphatic hydroxyl groups excluding tert-OH is 1. The molecule has 1 fully saturated rings. The Morgan fingerprint density at radius 1 is 0.950 bits per heavy atom. The van der Waals surface area contributed by atoms with Crippen molar-refractivity contribution in [2.45, 2.75) is 103 Å². The summed E-state index contributed by atoms with van der Waals surface area (Å²) in [5.74, 6) is -0.245. The van der Waals surface area contributed by atoms with Crippen LogP contribution in [0.1, 0.15) is 90.4 Å². The summed E-state index contributed by atoms with van der Waals surface area (Å²) in [6.45, 7) is 2.26. The Bertz CT molecular complexity index is 253. The fourth-order valence-corrected chi connectivity index (χ4v) is 2.86. The molecule has 0 aromatic rings. The lowest BCUT2D eigenvalue weighted by molar-refractivity contribution is -0.142. The van der Waals surface area contributed by atoms with E-state index in [1.165, 1.54) is 64.2 Å². The molecule has 20 heavy (non-hydrogen) atoms. The standard InChI is InChI=1S/C17H32O3/c1-2-3-4-5-6-7-8-9-10-11-12-13-16-15(18)14-17(19)20-16/h15-16,18H,2-14H2,1H3/t15-,16-/m1/s1. The molecule has 0 saturated carbocycles. The molecular weight excluding hydrogens is 252 g/mol. The van der Waals surface area contributed by atoms with Gasteiger partial charge in [0.1, 0.15) is 12.2 Å². The number of hydrogen-bond donors (Lipinski definition) is 1. The van der Waals surface area contributed by atoms with Gasteiger partial charge in [0.2, 0.25) is 0 Å². The van der Waals surface area contributed by atoms with E-state index in [1.54, 1.807) is 0 Å². The minimum absolute atomic E-state index is 0.183. The molecule has 1 rings (SSSR count). The van der Waals surface area contributed by atoms with Crippen LogP contribution in [-0.4, -0.2) is 23.3 Å². The number of carbonyl (C=O) groups excluding carboxylic acids is 1. The van der Waals surface area contributed by atoms with Crippen molar-refractivity contribution in [2.24, 2.45) is 0 Å². The van der Waals surface area contributed by atoms with E-state index in [-0.39, 0.29) is 18.5 Å². The van der Waals surface area contributed by atoms with E-state index < -0.39 is 6.10 Å². The largest absolute Gasteiger partial charge is 0.460 e. The molecule has 1 heterocycles. The van der Waals surface area contributed by atoms with Crippen molar-refractivity contribution >= 4 is 5.97 Å². The number of ether oxygens (including phenoxy) is 1. The molecule has 1 N–H and O–H groups in total.